The molecule has 1 saturated heterocycles. The number of aryl methyl sites for hydroxylation is 1. The average Bonchev–Trinajstić information content (AvgIpc) is 3.00. The minimum absolute atomic E-state index is 0.0243. The molecule has 2 aliphatic heterocycles. The van der Waals surface area contributed by atoms with Gasteiger partial charge in [-0.2, -0.15) is 0 Å². The van der Waals surface area contributed by atoms with E-state index in [1.807, 2.05) is 53.4 Å². The molecule has 6 nitrogen and oxygen atoms in total. The summed E-state index contributed by atoms with van der Waals surface area (Å²) in [6.07, 6.45) is 0. The lowest BCUT2D eigenvalue weighted by molar-refractivity contribution is 0.0692. The second kappa shape index (κ2) is 8.38. The van der Waals surface area contributed by atoms with Crippen molar-refractivity contribution in [2.75, 3.05) is 33.3 Å². The summed E-state index contributed by atoms with van der Waals surface area (Å²) >= 11 is 0. The summed E-state index contributed by atoms with van der Waals surface area (Å²) in [5, 5.41) is 0. The van der Waals surface area contributed by atoms with Crippen LogP contribution in [-0.2, 0) is 0 Å². The van der Waals surface area contributed by atoms with Gasteiger partial charge in [-0.05, 0) is 49.4 Å². The number of hydrogen-bond donors (Lipinski definition) is 0. The quantitative estimate of drug-likeness (QED) is 0.598. The fourth-order valence-corrected chi connectivity index (χ4v) is 4.14. The van der Waals surface area contributed by atoms with E-state index < -0.39 is 0 Å². The Labute approximate surface area is 187 Å². The number of hydrogen-bond acceptors (Lipinski definition) is 5. The van der Waals surface area contributed by atoms with E-state index in [4.69, 9.17) is 14.5 Å². The molecule has 3 aromatic rings. The third-order valence-corrected chi connectivity index (χ3v) is 5.87. The van der Waals surface area contributed by atoms with Gasteiger partial charge >= 0.3 is 0 Å². The second-order valence-corrected chi connectivity index (χ2v) is 8.02. The first-order valence-electron chi connectivity index (χ1n) is 10.8. The highest BCUT2D eigenvalue weighted by atomic mass is 16.5. The van der Waals surface area contributed by atoms with Crippen molar-refractivity contribution in [1.82, 2.24) is 9.80 Å². The molecule has 32 heavy (non-hydrogen) atoms. The van der Waals surface area contributed by atoms with Gasteiger partial charge in [0, 0.05) is 31.7 Å². The number of ether oxygens (including phenoxy) is 2. The van der Waals surface area contributed by atoms with E-state index in [9.17, 15) is 4.79 Å². The van der Waals surface area contributed by atoms with Crippen molar-refractivity contribution in [3.8, 4) is 17.2 Å². The lowest BCUT2D eigenvalue weighted by atomic mass is 10.1. The predicted molar refractivity (Wildman–Crippen MR) is 124 cm³/mol. The number of amides is 1. The Balaban J connectivity index is 1.40. The maximum Gasteiger partial charge on any atom is 0.254 e. The van der Waals surface area contributed by atoms with Gasteiger partial charge in [-0.25, -0.2) is 4.99 Å². The molecule has 3 aromatic carbocycles. The molecule has 0 atom stereocenters. The van der Waals surface area contributed by atoms with Crippen LogP contribution in [-0.4, -0.2) is 54.8 Å². The number of aliphatic imine (C=N–C) groups is 1. The molecule has 0 aromatic heterocycles. The summed E-state index contributed by atoms with van der Waals surface area (Å²) in [5.41, 5.74) is 3.59. The van der Waals surface area contributed by atoms with Crippen molar-refractivity contribution < 1.29 is 14.3 Å². The SMILES string of the molecule is COc1cccc(C(=O)N2CCN(C3=Nc4ccccc4Oc4ccc(C)cc43)CC2)c1. The molecular formula is C26H25N3O3. The van der Waals surface area contributed by atoms with Crippen LogP contribution in [0.25, 0.3) is 0 Å². The third-order valence-electron chi connectivity index (χ3n) is 5.87. The highest BCUT2D eigenvalue weighted by Crippen LogP contribution is 2.38. The molecule has 0 N–H and O–H groups in total. The monoisotopic (exact) mass is 427 g/mol. The number of methoxy groups -OCH3 is 1. The lowest BCUT2D eigenvalue weighted by Gasteiger charge is -2.36. The van der Waals surface area contributed by atoms with Crippen molar-refractivity contribution >= 4 is 17.4 Å². The summed E-state index contributed by atoms with van der Waals surface area (Å²) in [6.45, 7) is 4.71. The molecule has 2 aliphatic rings. The van der Waals surface area contributed by atoms with Crippen LogP contribution < -0.4 is 9.47 Å². The van der Waals surface area contributed by atoms with Gasteiger partial charge in [0.05, 0.1) is 12.7 Å². The highest BCUT2D eigenvalue weighted by molar-refractivity contribution is 6.04. The summed E-state index contributed by atoms with van der Waals surface area (Å²) in [7, 11) is 1.61. The minimum atomic E-state index is 0.0243. The van der Waals surface area contributed by atoms with Crippen LogP contribution in [0, 0.1) is 6.92 Å². The number of benzene rings is 3. The van der Waals surface area contributed by atoms with Crippen molar-refractivity contribution in [2.45, 2.75) is 6.92 Å². The Kier molecular flexibility index (Phi) is 5.27. The number of amidine groups is 1. The van der Waals surface area contributed by atoms with Crippen molar-refractivity contribution in [1.29, 1.82) is 0 Å². The first-order valence-corrected chi connectivity index (χ1v) is 10.8. The van der Waals surface area contributed by atoms with Gasteiger partial charge in [-0.3, -0.25) is 4.79 Å². The molecule has 1 amide bonds. The van der Waals surface area contributed by atoms with E-state index >= 15 is 0 Å². The van der Waals surface area contributed by atoms with Gasteiger partial charge in [0.1, 0.15) is 23.0 Å². The zero-order valence-electron chi connectivity index (χ0n) is 18.2. The Bertz CT molecular complexity index is 1200. The standard InChI is InChI=1S/C26H25N3O3/c1-18-10-11-23-21(16-18)25(27-22-8-3-4-9-24(22)32-23)28-12-14-29(15-13-28)26(30)19-6-5-7-20(17-19)31-2/h3-11,16-17H,12-15H2,1-2H3. The van der Waals surface area contributed by atoms with E-state index in [1.165, 1.54) is 0 Å². The van der Waals surface area contributed by atoms with Crippen LogP contribution in [0.5, 0.6) is 17.2 Å². The zero-order valence-corrected chi connectivity index (χ0v) is 18.2. The average molecular weight is 428 g/mol. The maximum absolute atomic E-state index is 13.0. The van der Waals surface area contributed by atoms with Gasteiger partial charge < -0.3 is 19.3 Å². The number of nitrogens with zero attached hydrogens (tertiary/aromatic N) is 3. The molecule has 0 spiro atoms. The van der Waals surface area contributed by atoms with Crippen LogP contribution >= 0.6 is 0 Å². The van der Waals surface area contributed by atoms with Crippen LogP contribution in [0.1, 0.15) is 21.5 Å². The fourth-order valence-electron chi connectivity index (χ4n) is 4.14. The Hall–Kier alpha value is -3.80. The highest BCUT2D eigenvalue weighted by Gasteiger charge is 2.28. The first-order chi connectivity index (χ1) is 15.6. The summed E-state index contributed by atoms with van der Waals surface area (Å²) in [6, 6.07) is 21.3. The van der Waals surface area contributed by atoms with Gasteiger partial charge in [0.2, 0.25) is 0 Å². The Morgan fingerprint density at radius 1 is 0.938 bits per heavy atom. The summed E-state index contributed by atoms with van der Waals surface area (Å²) in [4.78, 5) is 22.1. The van der Waals surface area contributed by atoms with Crippen LogP contribution in [0.2, 0.25) is 0 Å². The summed E-state index contributed by atoms with van der Waals surface area (Å²) < 4.78 is 11.5. The molecule has 0 radical (unpaired) electrons. The number of piperazine rings is 1. The molecule has 0 bridgehead atoms. The molecule has 0 unspecified atom stereocenters. The normalized spacial score (nSPS) is 15.1. The van der Waals surface area contributed by atoms with Crippen LogP contribution in [0.15, 0.2) is 71.7 Å². The lowest BCUT2D eigenvalue weighted by Crippen LogP contribution is -2.50. The minimum Gasteiger partial charge on any atom is -0.497 e. The fraction of sp³-hybridized carbons (Fsp3) is 0.231. The Morgan fingerprint density at radius 2 is 1.75 bits per heavy atom. The number of para-hydroxylation sites is 2. The second-order valence-electron chi connectivity index (χ2n) is 8.02. The first kappa shape index (κ1) is 20.1. The molecule has 1 fully saturated rings. The number of fused-ring (bicyclic) bond motifs is 2. The van der Waals surface area contributed by atoms with E-state index in [0.29, 0.717) is 37.5 Å². The number of carbonyl (C=O) groups excluding carboxylic acids is 1. The van der Waals surface area contributed by atoms with Crippen LogP contribution in [0.3, 0.4) is 0 Å². The Morgan fingerprint density at radius 3 is 2.56 bits per heavy atom. The van der Waals surface area contributed by atoms with Crippen molar-refractivity contribution in [2.24, 2.45) is 4.99 Å². The molecule has 0 saturated carbocycles. The predicted octanol–water partition coefficient (Wildman–Crippen LogP) is 4.65. The van der Waals surface area contributed by atoms with Crippen LogP contribution in [0.4, 0.5) is 5.69 Å². The zero-order chi connectivity index (χ0) is 22.1. The molecule has 162 valence electrons. The number of carbonyl (C=O) groups is 1. The van der Waals surface area contributed by atoms with Gasteiger partial charge in [0.25, 0.3) is 5.91 Å². The van der Waals surface area contributed by atoms with Crippen molar-refractivity contribution in [3.05, 3.63) is 83.4 Å². The summed E-state index contributed by atoms with van der Waals surface area (Å²) in [5.74, 6) is 3.15. The van der Waals surface area contributed by atoms with Gasteiger partial charge in [-0.1, -0.05) is 29.8 Å². The topological polar surface area (TPSA) is 54.4 Å². The maximum atomic E-state index is 13.0. The number of rotatable bonds is 2. The van der Waals surface area contributed by atoms with E-state index in [0.717, 1.165) is 34.1 Å². The van der Waals surface area contributed by atoms with E-state index in [-0.39, 0.29) is 5.91 Å². The third kappa shape index (κ3) is 3.80. The van der Waals surface area contributed by atoms with Gasteiger partial charge in [-0.15, -0.1) is 0 Å². The molecule has 0 aliphatic carbocycles. The van der Waals surface area contributed by atoms with Gasteiger partial charge in [0.15, 0.2) is 5.75 Å². The molecule has 2 heterocycles. The largest absolute Gasteiger partial charge is 0.497 e. The molecular weight excluding hydrogens is 402 g/mol. The molecule has 5 rings (SSSR count). The smallest absolute Gasteiger partial charge is 0.254 e. The van der Waals surface area contributed by atoms with E-state index in [1.54, 1.807) is 13.2 Å². The van der Waals surface area contributed by atoms with E-state index in [2.05, 4.69) is 24.0 Å². The van der Waals surface area contributed by atoms with Crippen molar-refractivity contribution in [3.63, 3.8) is 0 Å². The molecule has 6 heteroatoms.